The average molecular weight is 268 g/mol. The van der Waals surface area contributed by atoms with Crippen LogP contribution in [-0.4, -0.2) is 21.7 Å². The Hall–Kier alpha value is -1.89. The van der Waals surface area contributed by atoms with E-state index in [2.05, 4.69) is 20.5 Å². The lowest BCUT2D eigenvalue weighted by molar-refractivity contribution is 0.448. The number of H-pyrrole nitrogens is 1. The van der Waals surface area contributed by atoms with Crippen LogP contribution in [0.1, 0.15) is 24.7 Å². The Kier molecular flexibility index (Phi) is 2.98. The highest BCUT2D eigenvalue weighted by Crippen LogP contribution is 2.25. The first-order valence-corrected chi connectivity index (χ1v) is 5.96. The van der Waals surface area contributed by atoms with Crippen molar-refractivity contribution in [2.75, 3.05) is 6.54 Å². The van der Waals surface area contributed by atoms with Crippen LogP contribution in [0.4, 0.5) is 13.2 Å². The highest BCUT2D eigenvalue weighted by Gasteiger charge is 2.22. The Labute approximate surface area is 107 Å². The molecule has 0 saturated carbocycles. The highest BCUT2D eigenvalue weighted by molar-refractivity contribution is 5.55. The third kappa shape index (κ3) is 2.10. The molecule has 2 N–H and O–H groups in total. The minimum Gasteiger partial charge on any atom is -0.307 e. The van der Waals surface area contributed by atoms with Gasteiger partial charge in [0.25, 0.3) is 0 Å². The molecule has 0 bridgehead atoms. The zero-order valence-electron chi connectivity index (χ0n) is 9.88. The second kappa shape index (κ2) is 4.65. The van der Waals surface area contributed by atoms with Crippen molar-refractivity contribution in [3.63, 3.8) is 0 Å². The molecule has 7 heteroatoms. The molecule has 100 valence electrons. The van der Waals surface area contributed by atoms with E-state index in [0.717, 1.165) is 31.5 Å². The van der Waals surface area contributed by atoms with Crippen molar-refractivity contribution in [1.82, 2.24) is 20.5 Å². The number of hydrogen-bond acceptors (Lipinski definition) is 3. The summed E-state index contributed by atoms with van der Waals surface area (Å²) in [6.45, 7) is 0.889. The van der Waals surface area contributed by atoms with Gasteiger partial charge in [-0.2, -0.15) is 5.10 Å². The van der Waals surface area contributed by atoms with E-state index >= 15 is 0 Å². The number of benzene rings is 1. The molecule has 0 radical (unpaired) electrons. The summed E-state index contributed by atoms with van der Waals surface area (Å²) in [4.78, 5) is 4.14. The van der Waals surface area contributed by atoms with Gasteiger partial charge in [0.2, 0.25) is 0 Å². The molecular formula is C12H11F3N4. The van der Waals surface area contributed by atoms with Gasteiger partial charge in [-0.1, -0.05) is 0 Å². The van der Waals surface area contributed by atoms with Crippen molar-refractivity contribution in [1.29, 1.82) is 0 Å². The summed E-state index contributed by atoms with van der Waals surface area (Å²) in [6.07, 6.45) is 1.94. The minimum absolute atomic E-state index is 0.0279. The Morgan fingerprint density at radius 2 is 2.00 bits per heavy atom. The van der Waals surface area contributed by atoms with E-state index in [9.17, 15) is 13.2 Å². The number of aromatic amines is 1. The van der Waals surface area contributed by atoms with Crippen LogP contribution >= 0.6 is 0 Å². The molecule has 1 aliphatic rings. The topological polar surface area (TPSA) is 53.6 Å². The van der Waals surface area contributed by atoms with Crippen molar-refractivity contribution in [2.45, 2.75) is 18.9 Å². The van der Waals surface area contributed by atoms with Gasteiger partial charge in [-0.05, 0) is 31.5 Å². The fourth-order valence-corrected chi connectivity index (χ4v) is 2.17. The van der Waals surface area contributed by atoms with Crippen LogP contribution < -0.4 is 5.32 Å². The van der Waals surface area contributed by atoms with E-state index in [1.54, 1.807) is 0 Å². The van der Waals surface area contributed by atoms with Crippen LogP contribution in [0, 0.1) is 17.5 Å². The molecule has 1 aromatic carbocycles. The summed E-state index contributed by atoms with van der Waals surface area (Å²) in [5.74, 6) is -3.40. The fourth-order valence-electron chi connectivity index (χ4n) is 2.17. The smallest absolute Gasteiger partial charge is 0.195 e. The maximum Gasteiger partial charge on any atom is 0.195 e. The molecular weight excluding hydrogens is 257 g/mol. The summed E-state index contributed by atoms with van der Waals surface area (Å²) in [7, 11) is 0. The summed E-state index contributed by atoms with van der Waals surface area (Å²) < 4.78 is 39.6. The molecule has 4 nitrogen and oxygen atoms in total. The first kappa shape index (κ1) is 12.2. The molecule has 0 aliphatic carbocycles. The Morgan fingerprint density at radius 3 is 2.74 bits per heavy atom. The lowest BCUT2D eigenvalue weighted by atomic mass is 10.2. The first-order chi connectivity index (χ1) is 9.16. The number of aromatic nitrogens is 3. The van der Waals surface area contributed by atoms with Crippen LogP contribution in [-0.2, 0) is 0 Å². The second-order valence-corrected chi connectivity index (χ2v) is 4.42. The van der Waals surface area contributed by atoms with E-state index < -0.39 is 17.5 Å². The van der Waals surface area contributed by atoms with Crippen molar-refractivity contribution in [3.8, 4) is 11.4 Å². The van der Waals surface area contributed by atoms with Crippen molar-refractivity contribution in [3.05, 3.63) is 35.4 Å². The summed E-state index contributed by atoms with van der Waals surface area (Å²) in [6, 6.07) is 2.04. The van der Waals surface area contributed by atoms with E-state index in [-0.39, 0.29) is 17.4 Å². The standard InChI is InChI=1S/C12H11F3N4/c13-7-4-3-6(9(14)10(7)15)11-17-12(19-18-11)8-2-1-5-16-8/h3-4,8,16H,1-2,5H2,(H,17,18,19). The fraction of sp³-hybridized carbons (Fsp3) is 0.333. The van der Waals surface area contributed by atoms with Crippen molar-refractivity contribution < 1.29 is 13.2 Å². The molecule has 2 heterocycles. The van der Waals surface area contributed by atoms with Crippen molar-refractivity contribution in [2.24, 2.45) is 0 Å². The van der Waals surface area contributed by atoms with Crippen LogP contribution in [0.5, 0.6) is 0 Å². The van der Waals surface area contributed by atoms with Gasteiger partial charge >= 0.3 is 0 Å². The van der Waals surface area contributed by atoms with Gasteiger partial charge in [0.1, 0.15) is 5.82 Å². The molecule has 0 spiro atoms. The summed E-state index contributed by atoms with van der Waals surface area (Å²) in [5.41, 5.74) is -0.153. The van der Waals surface area contributed by atoms with E-state index in [0.29, 0.717) is 5.82 Å². The molecule has 1 saturated heterocycles. The average Bonchev–Trinajstić information content (AvgIpc) is 3.06. The molecule has 19 heavy (non-hydrogen) atoms. The third-order valence-electron chi connectivity index (χ3n) is 3.17. The van der Waals surface area contributed by atoms with E-state index in [1.807, 2.05) is 0 Å². The van der Waals surface area contributed by atoms with Crippen LogP contribution in [0.3, 0.4) is 0 Å². The highest BCUT2D eigenvalue weighted by atomic mass is 19.2. The van der Waals surface area contributed by atoms with E-state index in [1.165, 1.54) is 0 Å². The zero-order valence-corrected chi connectivity index (χ0v) is 9.88. The first-order valence-electron chi connectivity index (χ1n) is 5.96. The van der Waals surface area contributed by atoms with Crippen LogP contribution in [0.25, 0.3) is 11.4 Å². The predicted molar refractivity (Wildman–Crippen MR) is 61.7 cm³/mol. The molecule has 1 fully saturated rings. The number of hydrogen-bond donors (Lipinski definition) is 2. The maximum absolute atomic E-state index is 13.6. The van der Waals surface area contributed by atoms with Gasteiger partial charge in [-0.3, -0.25) is 5.10 Å². The van der Waals surface area contributed by atoms with Crippen LogP contribution in [0.15, 0.2) is 12.1 Å². The lowest BCUT2D eigenvalue weighted by Gasteiger charge is -2.04. The SMILES string of the molecule is Fc1ccc(-c2n[nH]c(C3CCCN3)n2)c(F)c1F. The molecule has 1 aromatic heterocycles. The Bertz CT molecular complexity index is 605. The quantitative estimate of drug-likeness (QED) is 0.822. The number of halogens is 3. The molecule has 1 atom stereocenters. The van der Waals surface area contributed by atoms with E-state index in [4.69, 9.17) is 0 Å². The van der Waals surface area contributed by atoms with Crippen molar-refractivity contribution >= 4 is 0 Å². The normalized spacial score (nSPS) is 19.0. The predicted octanol–water partition coefficient (Wildman–Crippen LogP) is 2.31. The van der Waals surface area contributed by atoms with Gasteiger partial charge in [-0.25, -0.2) is 18.2 Å². The molecule has 1 aliphatic heterocycles. The molecule has 3 rings (SSSR count). The lowest BCUT2D eigenvalue weighted by Crippen LogP contribution is -2.14. The maximum atomic E-state index is 13.6. The largest absolute Gasteiger partial charge is 0.307 e. The van der Waals surface area contributed by atoms with Crippen LogP contribution in [0.2, 0.25) is 0 Å². The molecule has 2 aromatic rings. The Morgan fingerprint density at radius 1 is 1.16 bits per heavy atom. The minimum atomic E-state index is -1.51. The zero-order chi connectivity index (χ0) is 13.4. The molecule has 1 unspecified atom stereocenters. The third-order valence-corrected chi connectivity index (χ3v) is 3.17. The number of nitrogens with one attached hydrogen (secondary N) is 2. The molecule has 0 amide bonds. The second-order valence-electron chi connectivity index (χ2n) is 4.42. The summed E-state index contributed by atoms with van der Waals surface area (Å²) in [5, 5.41) is 9.77. The van der Waals surface area contributed by atoms with Gasteiger partial charge in [0, 0.05) is 0 Å². The number of rotatable bonds is 2. The summed E-state index contributed by atoms with van der Waals surface area (Å²) >= 11 is 0. The van der Waals surface area contributed by atoms with Gasteiger partial charge in [0.05, 0.1) is 11.6 Å². The Balaban J connectivity index is 1.96. The van der Waals surface area contributed by atoms with Gasteiger partial charge < -0.3 is 5.32 Å². The van der Waals surface area contributed by atoms with Gasteiger partial charge in [-0.15, -0.1) is 0 Å². The number of nitrogens with zero attached hydrogens (tertiary/aromatic N) is 2. The van der Waals surface area contributed by atoms with Gasteiger partial charge in [0.15, 0.2) is 23.3 Å². The monoisotopic (exact) mass is 268 g/mol.